The van der Waals surface area contributed by atoms with Crippen molar-refractivity contribution in [3.8, 4) is 0 Å². The Morgan fingerprint density at radius 1 is 1.17 bits per heavy atom. The Kier molecular flexibility index (Phi) is 3.76. The molecule has 0 saturated carbocycles. The van der Waals surface area contributed by atoms with Gasteiger partial charge in [-0.1, -0.05) is 12.2 Å². The quantitative estimate of drug-likeness (QED) is 0.600. The van der Waals surface area contributed by atoms with Crippen LogP contribution in [-0.4, -0.2) is 36.2 Å². The maximum Gasteiger partial charge on any atom is 0.0698 e. The largest absolute Gasteiger partial charge is 0.391 e. The van der Waals surface area contributed by atoms with E-state index in [0.29, 0.717) is 6.04 Å². The van der Waals surface area contributed by atoms with Gasteiger partial charge in [0, 0.05) is 6.04 Å². The average molecular weight is 169 g/mol. The summed E-state index contributed by atoms with van der Waals surface area (Å²) in [6.07, 6.45) is 8.34. The molecule has 0 aromatic heterocycles. The highest BCUT2D eigenvalue weighted by molar-refractivity contribution is 4.90. The van der Waals surface area contributed by atoms with Gasteiger partial charge in [-0.2, -0.15) is 0 Å². The fourth-order valence-corrected chi connectivity index (χ4v) is 1.76. The van der Waals surface area contributed by atoms with Crippen LogP contribution < -0.4 is 0 Å². The maximum atomic E-state index is 9.77. The fraction of sp³-hybridized carbons (Fsp3) is 0.800. The van der Waals surface area contributed by atoms with Gasteiger partial charge in [0.25, 0.3) is 0 Å². The van der Waals surface area contributed by atoms with Crippen LogP contribution in [0.2, 0.25) is 0 Å². The number of rotatable bonds is 1. The van der Waals surface area contributed by atoms with E-state index < -0.39 is 0 Å². The highest BCUT2D eigenvalue weighted by Crippen LogP contribution is 2.16. The van der Waals surface area contributed by atoms with Crippen LogP contribution in [0.3, 0.4) is 0 Å². The predicted molar refractivity (Wildman–Crippen MR) is 51.1 cm³/mol. The Morgan fingerprint density at radius 3 is 2.33 bits per heavy atom. The van der Waals surface area contributed by atoms with Gasteiger partial charge in [-0.3, -0.25) is 0 Å². The molecule has 0 unspecified atom stereocenters. The molecule has 0 radical (unpaired) electrons. The summed E-state index contributed by atoms with van der Waals surface area (Å²) in [6, 6.07) is 0.343. The first-order valence-corrected chi connectivity index (χ1v) is 4.71. The van der Waals surface area contributed by atoms with Crippen LogP contribution in [0.15, 0.2) is 12.2 Å². The van der Waals surface area contributed by atoms with Crippen LogP contribution in [0.5, 0.6) is 0 Å². The topological polar surface area (TPSA) is 23.5 Å². The van der Waals surface area contributed by atoms with Crippen molar-refractivity contribution in [2.45, 2.75) is 37.8 Å². The lowest BCUT2D eigenvalue weighted by Crippen LogP contribution is -2.39. The van der Waals surface area contributed by atoms with Crippen molar-refractivity contribution < 1.29 is 5.11 Å². The van der Waals surface area contributed by atoms with Crippen molar-refractivity contribution in [3.63, 3.8) is 0 Å². The van der Waals surface area contributed by atoms with E-state index in [0.717, 1.165) is 25.7 Å². The Labute approximate surface area is 74.9 Å². The highest BCUT2D eigenvalue weighted by Gasteiger charge is 2.20. The molecule has 0 aromatic carbocycles. The van der Waals surface area contributed by atoms with Gasteiger partial charge in [0.15, 0.2) is 0 Å². The fourth-order valence-electron chi connectivity index (χ4n) is 1.76. The zero-order valence-corrected chi connectivity index (χ0v) is 8.03. The summed E-state index contributed by atoms with van der Waals surface area (Å²) >= 11 is 0. The van der Waals surface area contributed by atoms with Gasteiger partial charge in [-0.15, -0.1) is 0 Å². The first-order valence-electron chi connectivity index (χ1n) is 4.71. The number of hydrogen-bond acceptors (Lipinski definition) is 2. The molecule has 0 aromatic rings. The molecule has 1 aliphatic carbocycles. The summed E-state index contributed by atoms with van der Waals surface area (Å²) in [5.41, 5.74) is 0. The third-order valence-electron chi connectivity index (χ3n) is 2.53. The molecule has 0 saturated heterocycles. The normalized spacial score (nSPS) is 34.3. The Hall–Kier alpha value is -0.340. The second-order valence-electron chi connectivity index (χ2n) is 3.72. The SMILES string of the molecule is CN(C)[C@@H]1CC/C=C\CC[C@H]1O. The predicted octanol–water partition coefficient (Wildman–Crippen LogP) is 1.41. The minimum Gasteiger partial charge on any atom is -0.391 e. The zero-order valence-electron chi connectivity index (χ0n) is 8.03. The average Bonchev–Trinajstić information content (AvgIpc) is 1.96. The van der Waals surface area contributed by atoms with Gasteiger partial charge < -0.3 is 10.0 Å². The van der Waals surface area contributed by atoms with Gasteiger partial charge in [0.1, 0.15) is 0 Å². The molecule has 0 aliphatic heterocycles. The molecule has 0 spiro atoms. The molecule has 0 fully saturated rings. The van der Waals surface area contributed by atoms with Crippen molar-refractivity contribution in [3.05, 3.63) is 12.2 Å². The third kappa shape index (κ3) is 2.61. The summed E-state index contributed by atoms with van der Waals surface area (Å²) in [5.74, 6) is 0. The van der Waals surface area contributed by atoms with E-state index in [1.54, 1.807) is 0 Å². The van der Waals surface area contributed by atoms with Crippen LogP contribution >= 0.6 is 0 Å². The Bertz CT molecular complexity index is 154. The molecule has 1 N–H and O–H groups in total. The van der Waals surface area contributed by atoms with Crippen LogP contribution in [0.1, 0.15) is 25.7 Å². The molecule has 2 nitrogen and oxygen atoms in total. The smallest absolute Gasteiger partial charge is 0.0698 e. The van der Waals surface area contributed by atoms with Gasteiger partial charge in [0.05, 0.1) is 6.10 Å². The van der Waals surface area contributed by atoms with E-state index in [2.05, 4.69) is 17.1 Å². The lowest BCUT2D eigenvalue weighted by atomic mass is 9.97. The summed E-state index contributed by atoms with van der Waals surface area (Å²) < 4.78 is 0. The van der Waals surface area contributed by atoms with E-state index in [1.807, 2.05) is 14.1 Å². The standard InChI is InChI=1S/C10H19NO/c1-11(2)9-7-5-3-4-6-8-10(9)12/h3-4,9-10,12H,5-8H2,1-2H3/b4-3-/t9-,10-/m1/s1. The van der Waals surface area contributed by atoms with Crippen LogP contribution in [-0.2, 0) is 0 Å². The lowest BCUT2D eigenvalue weighted by molar-refractivity contribution is 0.0644. The van der Waals surface area contributed by atoms with Crippen molar-refractivity contribution >= 4 is 0 Å². The monoisotopic (exact) mass is 169 g/mol. The van der Waals surface area contributed by atoms with Crippen LogP contribution in [0.25, 0.3) is 0 Å². The molecule has 1 rings (SSSR count). The highest BCUT2D eigenvalue weighted by atomic mass is 16.3. The van der Waals surface area contributed by atoms with E-state index in [4.69, 9.17) is 0 Å². The van der Waals surface area contributed by atoms with Gasteiger partial charge in [-0.25, -0.2) is 0 Å². The third-order valence-corrected chi connectivity index (χ3v) is 2.53. The molecule has 2 atom stereocenters. The molecule has 0 heterocycles. The molecule has 0 amide bonds. The van der Waals surface area contributed by atoms with Gasteiger partial charge in [0.2, 0.25) is 0 Å². The summed E-state index contributed by atoms with van der Waals surface area (Å²) in [6.45, 7) is 0. The molecular weight excluding hydrogens is 150 g/mol. The minimum atomic E-state index is -0.148. The van der Waals surface area contributed by atoms with Crippen molar-refractivity contribution in [2.24, 2.45) is 0 Å². The number of hydrogen-bond donors (Lipinski definition) is 1. The second kappa shape index (κ2) is 4.63. The molecule has 12 heavy (non-hydrogen) atoms. The number of aliphatic hydroxyl groups excluding tert-OH is 1. The molecule has 70 valence electrons. The number of likely N-dealkylation sites (N-methyl/N-ethyl adjacent to an activating group) is 1. The van der Waals surface area contributed by atoms with E-state index >= 15 is 0 Å². The second-order valence-corrected chi connectivity index (χ2v) is 3.72. The first kappa shape index (κ1) is 9.75. The Morgan fingerprint density at radius 2 is 1.75 bits per heavy atom. The summed E-state index contributed by atoms with van der Waals surface area (Å²) in [4.78, 5) is 2.13. The molecule has 2 heteroatoms. The minimum absolute atomic E-state index is 0.148. The van der Waals surface area contributed by atoms with E-state index in [-0.39, 0.29) is 6.10 Å². The Balaban J connectivity index is 2.52. The van der Waals surface area contributed by atoms with Gasteiger partial charge >= 0.3 is 0 Å². The zero-order chi connectivity index (χ0) is 8.97. The molecule has 1 aliphatic rings. The summed E-state index contributed by atoms with van der Waals surface area (Å²) in [5, 5.41) is 9.77. The summed E-state index contributed by atoms with van der Waals surface area (Å²) in [7, 11) is 4.08. The lowest BCUT2D eigenvalue weighted by Gasteiger charge is -2.29. The molecular formula is C10H19NO. The maximum absolute atomic E-state index is 9.77. The van der Waals surface area contributed by atoms with Crippen molar-refractivity contribution in [1.82, 2.24) is 4.90 Å². The van der Waals surface area contributed by atoms with Crippen molar-refractivity contribution in [2.75, 3.05) is 14.1 Å². The van der Waals surface area contributed by atoms with Gasteiger partial charge in [-0.05, 0) is 39.8 Å². The number of allylic oxidation sites excluding steroid dienone is 2. The van der Waals surface area contributed by atoms with E-state index in [9.17, 15) is 5.11 Å². The molecule has 0 bridgehead atoms. The van der Waals surface area contributed by atoms with E-state index in [1.165, 1.54) is 0 Å². The van der Waals surface area contributed by atoms with Crippen LogP contribution in [0.4, 0.5) is 0 Å². The first-order chi connectivity index (χ1) is 5.72. The number of nitrogens with zero attached hydrogens (tertiary/aromatic N) is 1. The number of aliphatic hydroxyl groups is 1. The van der Waals surface area contributed by atoms with Crippen LogP contribution in [0, 0.1) is 0 Å². The van der Waals surface area contributed by atoms with Crippen molar-refractivity contribution in [1.29, 1.82) is 0 Å².